The molecular weight excluding hydrogens is 432 g/mol. The van der Waals surface area contributed by atoms with Crippen LogP contribution in [0.1, 0.15) is 26.7 Å². The fourth-order valence-corrected chi connectivity index (χ4v) is 4.72. The van der Waals surface area contributed by atoms with Crippen LogP contribution >= 0.6 is 23.7 Å². The molecule has 2 atom stereocenters. The topological polar surface area (TPSA) is 50.8 Å². The van der Waals surface area contributed by atoms with Gasteiger partial charge in [-0.2, -0.15) is 0 Å². The third-order valence-corrected chi connectivity index (χ3v) is 6.41. The third-order valence-electron chi connectivity index (χ3n) is 5.54. The first-order chi connectivity index (χ1) is 14.7. The molecule has 5 nitrogen and oxygen atoms in total. The Hall–Kier alpha value is -2.54. The lowest BCUT2D eigenvalue weighted by molar-refractivity contribution is 0.0939. The highest BCUT2D eigenvalue weighted by Crippen LogP contribution is 2.37. The highest BCUT2D eigenvalue weighted by Gasteiger charge is 2.36. The summed E-state index contributed by atoms with van der Waals surface area (Å²) >= 11 is 1.46. The first kappa shape index (κ1) is 23.1. The maximum atomic E-state index is 12.8. The summed E-state index contributed by atoms with van der Waals surface area (Å²) in [6.45, 7) is 2.44. The molecule has 31 heavy (non-hydrogen) atoms. The molecule has 0 radical (unpaired) electrons. The van der Waals surface area contributed by atoms with E-state index in [1.807, 2.05) is 41.8 Å². The Morgan fingerprint density at radius 1 is 1.06 bits per heavy atom. The average molecular weight is 459 g/mol. The Bertz CT molecular complexity index is 982. The molecule has 2 heterocycles. The van der Waals surface area contributed by atoms with Crippen molar-refractivity contribution >= 4 is 29.7 Å². The number of halogens is 1. The van der Waals surface area contributed by atoms with E-state index in [9.17, 15) is 4.79 Å². The number of benzene rings is 2. The normalized spacial score (nSPS) is 18.3. The first-order valence-corrected chi connectivity index (χ1v) is 10.9. The molecular formula is C24H27ClN2O3S. The van der Waals surface area contributed by atoms with Gasteiger partial charge in [-0.1, -0.05) is 36.4 Å². The monoisotopic (exact) mass is 458 g/mol. The van der Waals surface area contributed by atoms with E-state index in [1.165, 1.54) is 16.9 Å². The minimum atomic E-state index is -0.0246. The van der Waals surface area contributed by atoms with E-state index >= 15 is 0 Å². The molecule has 2 aromatic carbocycles. The Balaban J connectivity index is 0.00000272. The predicted octanol–water partition coefficient (Wildman–Crippen LogP) is 4.59. The van der Waals surface area contributed by atoms with Crippen molar-refractivity contribution in [3.05, 3.63) is 82.0 Å². The number of carbonyl (C=O) groups excluding carboxylic acids is 1. The smallest absolute Gasteiger partial charge is 0.261 e. The second kappa shape index (κ2) is 10.7. The van der Waals surface area contributed by atoms with Crippen molar-refractivity contribution < 1.29 is 14.3 Å². The Labute approximate surface area is 193 Å². The first-order valence-electron chi connectivity index (χ1n) is 10.0. The lowest BCUT2D eigenvalue weighted by atomic mass is 9.93. The number of thiophene rings is 1. The summed E-state index contributed by atoms with van der Waals surface area (Å²) in [7, 11) is 3.35. The molecule has 1 saturated heterocycles. The van der Waals surface area contributed by atoms with Crippen LogP contribution in [0.2, 0.25) is 0 Å². The van der Waals surface area contributed by atoms with Crippen molar-refractivity contribution in [2.24, 2.45) is 0 Å². The van der Waals surface area contributed by atoms with Gasteiger partial charge in [-0.05, 0) is 35.2 Å². The number of hydrogen-bond acceptors (Lipinski definition) is 5. The fourth-order valence-electron chi connectivity index (χ4n) is 4.09. The van der Waals surface area contributed by atoms with E-state index in [1.54, 1.807) is 14.2 Å². The van der Waals surface area contributed by atoms with Gasteiger partial charge < -0.3 is 14.8 Å². The summed E-state index contributed by atoms with van der Waals surface area (Å²) in [6.07, 6.45) is 0. The van der Waals surface area contributed by atoms with Crippen LogP contribution in [-0.4, -0.2) is 44.2 Å². The molecule has 7 heteroatoms. The number of hydrogen-bond donors (Lipinski definition) is 1. The fraction of sp³-hybridized carbons (Fsp3) is 0.292. The molecule has 4 rings (SSSR count). The standard InChI is InChI=1S/C24H26N2O3S.ClH/c1-28-18-10-11-22(29-2)19(13-18)20-15-26(14-17-7-4-3-5-8-17)16-21(20)25-24(27)23-9-6-12-30-23;/h3-13,20-21H,14-16H2,1-2H3,(H,25,27);1H/t20-,21+;/m0./s1. The molecule has 1 amide bonds. The van der Waals surface area contributed by atoms with E-state index in [2.05, 4.69) is 34.5 Å². The summed E-state index contributed by atoms with van der Waals surface area (Å²) in [4.78, 5) is 15.9. The van der Waals surface area contributed by atoms with Gasteiger partial charge in [-0.15, -0.1) is 23.7 Å². The minimum absolute atomic E-state index is 0. The molecule has 1 fully saturated rings. The summed E-state index contributed by atoms with van der Waals surface area (Å²) < 4.78 is 11.1. The molecule has 164 valence electrons. The van der Waals surface area contributed by atoms with Crippen molar-refractivity contribution in [3.63, 3.8) is 0 Å². The predicted molar refractivity (Wildman–Crippen MR) is 127 cm³/mol. The van der Waals surface area contributed by atoms with Crippen LogP contribution in [0.25, 0.3) is 0 Å². The Morgan fingerprint density at radius 3 is 2.55 bits per heavy atom. The maximum Gasteiger partial charge on any atom is 0.261 e. The zero-order valence-electron chi connectivity index (χ0n) is 17.6. The van der Waals surface area contributed by atoms with Crippen LogP contribution in [0, 0.1) is 0 Å². The van der Waals surface area contributed by atoms with Crippen LogP contribution in [-0.2, 0) is 6.54 Å². The SMILES string of the molecule is COc1ccc(OC)c([C@@H]2CN(Cc3ccccc3)C[C@H]2NC(=O)c2cccs2)c1.Cl. The van der Waals surface area contributed by atoms with E-state index in [0.717, 1.165) is 41.6 Å². The number of nitrogens with one attached hydrogen (secondary N) is 1. The van der Waals surface area contributed by atoms with Crippen molar-refractivity contribution in [2.75, 3.05) is 27.3 Å². The highest BCUT2D eigenvalue weighted by atomic mass is 35.5. The van der Waals surface area contributed by atoms with Gasteiger partial charge in [-0.25, -0.2) is 0 Å². The molecule has 0 aliphatic carbocycles. The van der Waals surface area contributed by atoms with E-state index in [0.29, 0.717) is 0 Å². The van der Waals surface area contributed by atoms with Crippen LogP contribution in [0.3, 0.4) is 0 Å². The van der Waals surface area contributed by atoms with Gasteiger partial charge in [0.05, 0.1) is 25.1 Å². The van der Waals surface area contributed by atoms with Gasteiger partial charge in [-0.3, -0.25) is 9.69 Å². The van der Waals surface area contributed by atoms with Crippen LogP contribution < -0.4 is 14.8 Å². The number of likely N-dealkylation sites (tertiary alicyclic amines) is 1. The number of nitrogens with zero attached hydrogens (tertiary/aromatic N) is 1. The summed E-state index contributed by atoms with van der Waals surface area (Å²) in [5, 5.41) is 5.19. The largest absolute Gasteiger partial charge is 0.497 e. The Morgan fingerprint density at radius 2 is 1.87 bits per heavy atom. The van der Waals surface area contributed by atoms with E-state index in [4.69, 9.17) is 9.47 Å². The molecule has 0 unspecified atom stereocenters. The molecule has 1 N–H and O–H groups in total. The van der Waals surface area contributed by atoms with Crippen molar-refractivity contribution in [1.29, 1.82) is 0 Å². The second-order valence-electron chi connectivity index (χ2n) is 7.45. The van der Waals surface area contributed by atoms with Crippen molar-refractivity contribution in [2.45, 2.75) is 18.5 Å². The van der Waals surface area contributed by atoms with Crippen LogP contribution in [0.4, 0.5) is 0 Å². The van der Waals surface area contributed by atoms with Crippen LogP contribution in [0.5, 0.6) is 11.5 Å². The lowest BCUT2D eigenvalue weighted by Gasteiger charge is -2.22. The lowest BCUT2D eigenvalue weighted by Crippen LogP contribution is -2.39. The molecule has 3 aromatic rings. The number of methoxy groups -OCH3 is 2. The number of carbonyl (C=O) groups is 1. The van der Waals surface area contributed by atoms with E-state index < -0.39 is 0 Å². The Kier molecular flexibility index (Phi) is 7.96. The average Bonchev–Trinajstić information content (AvgIpc) is 3.44. The zero-order chi connectivity index (χ0) is 20.9. The van der Waals surface area contributed by atoms with Crippen molar-refractivity contribution in [1.82, 2.24) is 10.2 Å². The minimum Gasteiger partial charge on any atom is -0.497 e. The molecule has 1 aliphatic rings. The number of rotatable bonds is 7. The maximum absolute atomic E-state index is 12.8. The van der Waals surface area contributed by atoms with Crippen molar-refractivity contribution in [3.8, 4) is 11.5 Å². The molecule has 0 bridgehead atoms. The number of amides is 1. The van der Waals surface area contributed by atoms with Gasteiger partial charge in [0.2, 0.25) is 0 Å². The zero-order valence-corrected chi connectivity index (χ0v) is 19.2. The van der Waals surface area contributed by atoms with Gasteiger partial charge in [0.25, 0.3) is 5.91 Å². The van der Waals surface area contributed by atoms with Gasteiger partial charge in [0, 0.05) is 31.1 Å². The summed E-state index contributed by atoms with van der Waals surface area (Å²) in [5.41, 5.74) is 2.32. The van der Waals surface area contributed by atoms with E-state index in [-0.39, 0.29) is 30.3 Å². The highest BCUT2D eigenvalue weighted by molar-refractivity contribution is 7.12. The quantitative estimate of drug-likeness (QED) is 0.562. The molecule has 1 aromatic heterocycles. The third kappa shape index (κ3) is 5.39. The van der Waals surface area contributed by atoms with Gasteiger partial charge in [0.1, 0.15) is 11.5 Å². The number of ether oxygens (including phenoxy) is 2. The molecule has 0 saturated carbocycles. The molecule has 0 spiro atoms. The summed E-state index contributed by atoms with van der Waals surface area (Å²) in [6, 6.07) is 20.0. The summed E-state index contributed by atoms with van der Waals surface area (Å²) in [5.74, 6) is 1.68. The molecule has 1 aliphatic heterocycles. The van der Waals surface area contributed by atoms with Gasteiger partial charge in [0.15, 0.2) is 0 Å². The second-order valence-corrected chi connectivity index (χ2v) is 8.40. The van der Waals surface area contributed by atoms with Gasteiger partial charge >= 0.3 is 0 Å². The van der Waals surface area contributed by atoms with Crippen LogP contribution in [0.15, 0.2) is 66.0 Å².